The van der Waals surface area contributed by atoms with Crippen LogP contribution >= 0.6 is 15.9 Å². The fourth-order valence-electron chi connectivity index (χ4n) is 2.48. The van der Waals surface area contributed by atoms with Crippen molar-refractivity contribution >= 4 is 15.9 Å². The molecule has 0 aliphatic carbocycles. The summed E-state index contributed by atoms with van der Waals surface area (Å²) in [5.41, 5.74) is 3.72. The zero-order valence-electron chi connectivity index (χ0n) is 12.9. The molecule has 0 saturated carbocycles. The van der Waals surface area contributed by atoms with E-state index in [4.69, 9.17) is 0 Å². The molecule has 0 aliphatic rings. The Balaban J connectivity index is 2.32. The Morgan fingerprint density at radius 2 is 2.10 bits per heavy atom. The van der Waals surface area contributed by atoms with Crippen molar-refractivity contribution < 1.29 is 4.39 Å². The Morgan fingerprint density at radius 3 is 2.62 bits per heavy atom. The van der Waals surface area contributed by atoms with Crippen LogP contribution in [0.25, 0.3) is 0 Å². The summed E-state index contributed by atoms with van der Waals surface area (Å²) in [4.78, 5) is 0. The zero-order chi connectivity index (χ0) is 15.6. The SMILES string of the molecule is CCNC(Cc1c(Br)c(C)nn1C)c1ccc(C)c(F)c1. The van der Waals surface area contributed by atoms with Crippen LogP contribution in [0.1, 0.15) is 35.5 Å². The number of nitrogens with zero attached hydrogens (tertiary/aromatic N) is 2. The minimum absolute atomic E-state index is 0.0659. The minimum atomic E-state index is -0.157. The van der Waals surface area contributed by atoms with Gasteiger partial charge >= 0.3 is 0 Å². The second-order valence-electron chi connectivity index (χ2n) is 5.29. The molecular formula is C16H21BrFN3. The van der Waals surface area contributed by atoms with Gasteiger partial charge in [0, 0.05) is 19.5 Å². The van der Waals surface area contributed by atoms with Gasteiger partial charge in [-0.15, -0.1) is 0 Å². The molecule has 0 bridgehead atoms. The van der Waals surface area contributed by atoms with Crippen LogP contribution in [0.5, 0.6) is 0 Å². The van der Waals surface area contributed by atoms with Crippen molar-refractivity contribution in [1.29, 1.82) is 0 Å². The van der Waals surface area contributed by atoms with Crippen molar-refractivity contribution in [1.82, 2.24) is 15.1 Å². The van der Waals surface area contributed by atoms with E-state index in [0.717, 1.165) is 34.4 Å². The van der Waals surface area contributed by atoms with Gasteiger partial charge in [-0.3, -0.25) is 4.68 Å². The fraction of sp³-hybridized carbons (Fsp3) is 0.438. The van der Waals surface area contributed by atoms with Gasteiger partial charge in [0.2, 0.25) is 0 Å². The third-order valence-electron chi connectivity index (χ3n) is 3.71. The van der Waals surface area contributed by atoms with Gasteiger partial charge in [-0.25, -0.2) is 4.39 Å². The first kappa shape index (κ1) is 16.2. The predicted molar refractivity (Wildman–Crippen MR) is 86.9 cm³/mol. The molecular weight excluding hydrogens is 333 g/mol. The lowest BCUT2D eigenvalue weighted by molar-refractivity contribution is 0.522. The van der Waals surface area contributed by atoms with Crippen LogP contribution in [-0.2, 0) is 13.5 Å². The van der Waals surface area contributed by atoms with E-state index in [2.05, 4.69) is 33.3 Å². The van der Waals surface area contributed by atoms with Crippen molar-refractivity contribution in [2.75, 3.05) is 6.54 Å². The summed E-state index contributed by atoms with van der Waals surface area (Å²) in [6, 6.07) is 5.51. The van der Waals surface area contributed by atoms with E-state index in [1.165, 1.54) is 0 Å². The van der Waals surface area contributed by atoms with Crippen molar-refractivity contribution in [3.05, 3.63) is 51.0 Å². The Kier molecular flexibility index (Phi) is 5.17. The second-order valence-corrected chi connectivity index (χ2v) is 6.09. The first-order chi connectivity index (χ1) is 9.93. The Labute approximate surface area is 133 Å². The monoisotopic (exact) mass is 353 g/mol. The number of benzene rings is 1. The molecule has 1 atom stereocenters. The van der Waals surface area contributed by atoms with Crippen LogP contribution in [-0.4, -0.2) is 16.3 Å². The van der Waals surface area contributed by atoms with Crippen LogP contribution < -0.4 is 5.32 Å². The number of hydrogen-bond acceptors (Lipinski definition) is 2. The van der Waals surface area contributed by atoms with E-state index in [0.29, 0.717) is 5.56 Å². The van der Waals surface area contributed by atoms with Gasteiger partial charge in [0.1, 0.15) is 5.82 Å². The molecule has 5 heteroatoms. The molecule has 1 heterocycles. The summed E-state index contributed by atoms with van der Waals surface area (Å²) >= 11 is 3.59. The van der Waals surface area contributed by atoms with Gasteiger partial charge in [-0.1, -0.05) is 19.1 Å². The zero-order valence-corrected chi connectivity index (χ0v) is 14.5. The maximum Gasteiger partial charge on any atom is 0.126 e. The highest BCUT2D eigenvalue weighted by atomic mass is 79.9. The molecule has 3 nitrogen and oxygen atoms in total. The average Bonchev–Trinajstić information content (AvgIpc) is 2.68. The van der Waals surface area contributed by atoms with E-state index in [1.54, 1.807) is 13.0 Å². The third-order valence-corrected chi connectivity index (χ3v) is 4.74. The van der Waals surface area contributed by atoms with Crippen molar-refractivity contribution in [2.24, 2.45) is 7.05 Å². The van der Waals surface area contributed by atoms with E-state index in [-0.39, 0.29) is 11.9 Å². The predicted octanol–water partition coefficient (Wildman–Crippen LogP) is 3.83. The Morgan fingerprint density at radius 1 is 1.38 bits per heavy atom. The largest absolute Gasteiger partial charge is 0.310 e. The van der Waals surface area contributed by atoms with Crippen molar-refractivity contribution in [3.8, 4) is 0 Å². The lowest BCUT2D eigenvalue weighted by atomic mass is 10.00. The highest BCUT2D eigenvalue weighted by Crippen LogP contribution is 2.26. The summed E-state index contributed by atoms with van der Waals surface area (Å²) < 4.78 is 16.7. The quantitative estimate of drug-likeness (QED) is 0.884. The number of halogens is 2. The van der Waals surface area contributed by atoms with Crippen molar-refractivity contribution in [2.45, 2.75) is 33.2 Å². The van der Waals surface area contributed by atoms with E-state index in [9.17, 15) is 4.39 Å². The summed E-state index contributed by atoms with van der Waals surface area (Å²) in [5, 5.41) is 7.85. The summed E-state index contributed by atoms with van der Waals surface area (Å²) in [6.45, 7) is 6.64. The number of aromatic nitrogens is 2. The van der Waals surface area contributed by atoms with E-state index in [1.807, 2.05) is 30.8 Å². The van der Waals surface area contributed by atoms with Crippen LogP contribution in [0, 0.1) is 19.7 Å². The van der Waals surface area contributed by atoms with Crippen LogP contribution in [0.2, 0.25) is 0 Å². The Hall–Kier alpha value is -1.20. The number of hydrogen-bond donors (Lipinski definition) is 1. The summed E-state index contributed by atoms with van der Waals surface area (Å²) in [6.07, 6.45) is 0.758. The number of rotatable bonds is 5. The van der Waals surface area contributed by atoms with Gasteiger partial charge in [-0.05, 0) is 53.5 Å². The van der Waals surface area contributed by atoms with Gasteiger partial charge < -0.3 is 5.32 Å². The molecule has 0 amide bonds. The molecule has 21 heavy (non-hydrogen) atoms. The molecule has 1 N–H and O–H groups in total. The topological polar surface area (TPSA) is 29.9 Å². The summed E-state index contributed by atoms with van der Waals surface area (Å²) in [7, 11) is 1.94. The van der Waals surface area contributed by atoms with Crippen LogP contribution in [0.15, 0.2) is 22.7 Å². The third kappa shape index (κ3) is 3.52. The first-order valence-corrected chi connectivity index (χ1v) is 7.90. The second kappa shape index (κ2) is 6.71. The number of nitrogens with one attached hydrogen (secondary N) is 1. The minimum Gasteiger partial charge on any atom is -0.310 e. The highest BCUT2D eigenvalue weighted by molar-refractivity contribution is 9.10. The molecule has 0 aliphatic heterocycles. The molecule has 0 radical (unpaired) electrons. The van der Waals surface area contributed by atoms with Gasteiger partial charge in [0.05, 0.1) is 15.9 Å². The first-order valence-electron chi connectivity index (χ1n) is 7.11. The molecule has 1 aromatic heterocycles. The average molecular weight is 354 g/mol. The lowest BCUT2D eigenvalue weighted by Crippen LogP contribution is -2.24. The Bertz CT molecular complexity index is 637. The molecule has 2 aromatic rings. The highest BCUT2D eigenvalue weighted by Gasteiger charge is 2.18. The molecule has 114 valence electrons. The normalized spacial score (nSPS) is 12.7. The fourth-order valence-corrected chi connectivity index (χ4v) is 2.97. The molecule has 0 spiro atoms. The van der Waals surface area contributed by atoms with Crippen LogP contribution in [0.3, 0.4) is 0 Å². The van der Waals surface area contributed by atoms with Gasteiger partial charge in [0.25, 0.3) is 0 Å². The smallest absolute Gasteiger partial charge is 0.126 e. The van der Waals surface area contributed by atoms with Gasteiger partial charge in [-0.2, -0.15) is 5.10 Å². The van der Waals surface area contributed by atoms with E-state index >= 15 is 0 Å². The van der Waals surface area contributed by atoms with Crippen molar-refractivity contribution in [3.63, 3.8) is 0 Å². The summed E-state index contributed by atoms with van der Waals surface area (Å²) in [5.74, 6) is -0.157. The number of aryl methyl sites for hydroxylation is 3. The van der Waals surface area contributed by atoms with Gasteiger partial charge in [0.15, 0.2) is 0 Å². The molecule has 0 fully saturated rings. The molecule has 1 unspecified atom stereocenters. The van der Waals surface area contributed by atoms with E-state index < -0.39 is 0 Å². The lowest BCUT2D eigenvalue weighted by Gasteiger charge is -2.19. The molecule has 2 rings (SSSR count). The van der Waals surface area contributed by atoms with Crippen LogP contribution in [0.4, 0.5) is 4.39 Å². The molecule has 0 saturated heterocycles. The standard InChI is InChI=1S/C16H21BrFN3/c1-5-19-14(12-7-6-10(2)13(18)8-12)9-15-16(17)11(3)20-21(15)4/h6-8,14,19H,5,9H2,1-4H3. The maximum absolute atomic E-state index is 13.8. The number of likely N-dealkylation sites (N-methyl/N-ethyl adjacent to an activating group) is 1. The molecule has 1 aromatic carbocycles. The maximum atomic E-state index is 13.8.